The molecule has 0 fully saturated rings. The zero-order chi connectivity index (χ0) is 15.1. The van der Waals surface area contributed by atoms with E-state index in [2.05, 4.69) is 6.07 Å². The molecular weight excluding hydrogens is 254 g/mol. The van der Waals surface area contributed by atoms with Crippen molar-refractivity contribution in [2.24, 2.45) is 5.92 Å². The van der Waals surface area contributed by atoms with Crippen LogP contribution in [-0.4, -0.2) is 31.0 Å². The van der Waals surface area contributed by atoms with Crippen LogP contribution >= 0.6 is 0 Å². The second kappa shape index (κ2) is 7.39. The summed E-state index contributed by atoms with van der Waals surface area (Å²) in [6.07, 6.45) is 0.317. The summed E-state index contributed by atoms with van der Waals surface area (Å²) in [7, 11) is 1.53. The summed E-state index contributed by atoms with van der Waals surface area (Å²) >= 11 is 0. The van der Waals surface area contributed by atoms with Gasteiger partial charge in [-0.2, -0.15) is 5.26 Å². The largest absolute Gasteiger partial charge is 0.497 e. The minimum absolute atomic E-state index is 0.125. The van der Waals surface area contributed by atoms with Gasteiger partial charge in [-0.25, -0.2) is 0 Å². The molecular formula is C15H21N3O2. The van der Waals surface area contributed by atoms with Gasteiger partial charge < -0.3 is 15.4 Å². The van der Waals surface area contributed by atoms with Crippen molar-refractivity contribution < 1.29 is 9.53 Å². The number of carbonyl (C=O) groups excluding carboxylic acids is 1. The number of nitriles is 1. The molecule has 1 amide bonds. The predicted octanol–water partition coefficient (Wildman–Crippen LogP) is 2.29. The van der Waals surface area contributed by atoms with E-state index in [-0.39, 0.29) is 5.91 Å². The van der Waals surface area contributed by atoms with Crippen LogP contribution in [0.2, 0.25) is 0 Å². The maximum atomic E-state index is 12.5. The van der Waals surface area contributed by atoms with Crippen LogP contribution in [0.5, 0.6) is 5.75 Å². The van der Waals surface area contributed by atoms with Crippen LogP contribution in [0.1, 0.15) is 30.6 Å². The summed E-state index contributed by atoms with van der Waals surface area (Å²) in [4.78, 5) is 14.2. The average Bonchev–Trinajstić information content (AvgIpc) is 2.41. The second-order valence-electron chi connectivity index (χ2n) is 5.05. The molecule has 0 aromatic heterocycles. The van der Waals surface area contributed by atoms with E-state index in [1.54, 1.807) is 23.1 Å². The molecule has 0 aliphatic heterocycles. The van der Waals surface area contributed by atoms with Crippen molar-refractivity contribution in [1.82, 2.24) is 4.90 Å². The molecule has 0 saturated heterocycles. The Balaban J connectivity index is 2.98. The minimum Gasteiger partial charge on any atom is -0.497 e. The number of hydrogen-bond donors (Lipinski definition) is 1. The number of amides is 1. The Morgan fingerprint density at radius 1 is 1.45 bits per heavy atom. The molecule has 108 valence electrons. The van der Waals surface area contributed by atoms with Crippen molar-refractivity contribution in [2.45, 2.75) is 20.3 Å². The first-order valence-corrected chi connectivity index (χ1v) is 6.58. The smallest absolute Gasteiger partial charge is 0.254 e. The summed E-state index contributed by atoms with van der Waals surface area (Å²) in [5.74, 6) is 0.762. The van der Waals surface area contributed by atoms with Gasteiger partial charge >= 0.3 is 0 Å². The standard InChI is InChI=1S/C15H21N3O2/c1-11(2)10-18(6-4-5-16)15(19)12-7-13(17)9-14(8-12)20-3/h7-9,11H,4,6,10,17H2,1-3H3. The van der Waals surface area contributed by atoms with E-state index in [0.29, 0.717) is 42.4 Å². The molecule has 1 rings (SSSR count). The van der Waals surface area contributed by atoms with Crippen molar-refractivity contribution >= 4 is 11.6 Å². The van der Waals surface area contributed by atoms with Crippen LogP contribution in [0, 0.1) is 17.2 Å². The van der Waals surface area contributed by atoms with E-state index in [1.807, 2.05) is 13.8 Å². The number of ether oxygens (including phenoxy) is 1. The predicted molar refractivity (Wildman–Crippen MR) is 78.4 cm³/mol. The van der Waals surface area contributed by atoms with Crippen molar-refractivity contribution in [3.8, 4) is 11.8 Å². The van der Waals surface area contributed by atoms with Crippen LogP contribution in [0.3, 0.4) is 0 Å². The van der Waals surface area contributed by atoms with Crippen LogP contribution in [0.15, 0.2) is 18.2 Å². The lowest BCUT2D eigenvalue weighted by atomic mass is 10.1. The molecule has 0 bridgehead atoms. The highest BCUT2D eigenvalue weighted by atomic mass is 16.5. The second-order valence-corrected chi connectivity index (χ2v) is 5.05. The zero-order valence-corrected chi connectivity index (χ0v) is 12.2. The van der Waals surface area contributed by atoms with E-state index in [9.17, 15) is 4.79 Å². The molecule has 1 aromatic carbocycles. The van der Waals surface area contributed by atoms with E-state index in [4.69, 9.17) is 15.7 Å². The Kier molecular flexibility index (Phi) is 5.85. The number of benzene rings is 1. The van der Waals surface area contributed by atoms with Gasteiger partial charge in [-0.05, 0) is 18.1 Å². The van der Waals surface area contributed by atoms with Gasteiger partial charge in [-0.15, -0.1) is 0 Å². The zero-order valence-electron chi connectivity index (χ0n) is 12.2. The highest BCUT2D eigenvalue weighted by Crippen LogP contribution is 2.20. The van der Waals surface area contributed by atoms with Crippen LogP contribution < -0.4 is 10.5 Å². The molecule has 5 heteroatoms. The van der Waals surface area contributed by atoms with E-state index in [0.717, 1.165) is 0 Å². The monoisotopic (exact) mass is 275 g/mol. The lowest BCUT2D eigenvalue weighted by Crippen LogP contribution is -2.35. The summed E-state index contributed by atoms with van der Waals surface area (Å²) in [6, 6.07) is 7.03. The van der Waals surface area contributed by atoms with Gasteiger partial charge in [0.2, 0.25) is 0 Å². The average molecular weight is 275 g/mol. The molecule has 0 saturated carbocycles. The number of hydrogen-bond acceptors (Lipinski definition) is 4. The molecule has 0 atom stereocenters. The highest BCUT2D eigenvalue weighted by Gasteiger charge is 2.17. The molecule has 0 aliphatic carbocycles. The lowest BCUT2D eigenvalue weighted by Gasteiger charge is -2.24. The van der Waals surface area contributed by atoms with E-state index >= 15 is 0 Å². The Hall–Kier alpha value is -2.22. The Bertz CT molecular complexity index is 506. The fourth-order valence-electron chi connectivity index (χ4n) is 1.95. The van der Waals surface area contributed by atoms with Gasteiger partial charge in [0.15, 0.2) is 0 Å². The maximum absolute atomic E-state index is 12.5. The molecule has 2 N–H and O–H groups in total. The number of nitrogen functional groups attached to an aromatic ring is 1. The first kappa shape index (κ1) is 15.8. The first-order valence-electron chi connectivity index (χ1n) is 6.58. The third-order valence-corrected chi connectivity index (χ3v) is 2.78. The Labute approximate surface area is 119 Å². The molecule has 0 unspecified atom stereocenters. The topological polar surface area (TPSA) is 79.3 Å². The maximum Gasteiger partial charge on any atom is 0.254 e. The van der Waals surface area contributed by atoms with Gasteiger partial charge in [0.1, 0.15) is 5.75 Å². The molecule has 0 radical (unpaired) electrons. The van der Waals surface area contributed by atoms with Crippen LogP contribution in [0.4, 0.5) is 5.69 Å². The lowest BCUT2D eigenvalue weighted by molar-refractivity contribution is 0.0739. The Morgan fingerprint density at radius 3 is 2.70 bits per heavy atom. The minimum atomic E-state index is -0.125. The van der Waals surface area contributed by atoms with Gasteiger partial charge in [-0.1, -0.05) is 13.8 Å². The number of anilines is 1. The summed E-state index contributed by atoms with van der Waals surface area (Å²) in [5, 5.41) is 8.70. The third-order valence-electron chi connectivity index (χ3n) is 2.78. The third kappa shape index (κ3) is 4.47. The highest BCUT2D eigenvalue weighted by molar-refractivity contribution is 5.95. The molecule has 1 aromatic rings. The van der Waals surface area contributed by atoms with Gasteiger partial charge in [0, 0.05) is 30.4 Å². The molecule has 0 aliphatic rings. The van der Waals surface area contributed by atoms with Gasteiger partial charge in [0.25, 0.3) is 5.91 Å². The summed E-state index contributed by atoms with van der Waals surface area (Å²) in [5.41, 5.74) is 6.74. The number of nitrogens with zero attached hydrogens (tertiary/aromatic N) is 2. The molecule has 0 heterocycles. The van der Waals surface area contributed by atoms with E-state index in [1.165, 1.54) is 7.11 Å². The van der Waals surface area contributed by atoms with Crippen LogP contribution in [0.25, 0.3) is 0 Å². The van der Waals surface area contributed by atoms with Crippen LogP contribution in [-0.2, 0) is 0 Å². The van der Waals surface area contributed by atoms with Crippen molar-refractivity contribution in [3.63, 3.8) is 0 Å². The summed E-state index contributed by atoms with van der Waals surface area (Å²) in [6.45, 7) is 5.10. The SMILES string of the molecule is COc1cc(N)cc(C(=O)N(CCC#N)CC(C)C)c1. The van der Waals surface area contributed by atoms with Crippen molar-refractivity contribution in [1.29, 1.82) is 5.26 Å². The molecule has 5 nitrogen and oxygen atoms in total. The van der Waals surface area contributed by atoms with Crippen molar-refractivity contribution in [3.05, 3.63) is 23.8 Å². The number of nitrogens with two attached hydrogens (primary N) is 1. The van der Waals surface area contributed by atoms with Crippen molar-refractivity contribution in [2.75, 3.05) is 25.9 Å². The Morgan fingerprint density at radius 2 is 2.15 bits per heavy atom. The number of carbonyl (C=O) groups is 1. The number of methoxy groups -OCH3 is 1. The first-order chi connectivity index (χ1) is 9.47. The quantitative estimate of drug-likeness (QED) is 0.808. The normalized spacial score (nSPS) is 10.2. The van der Waals surface area contributed by atoms with Gasteiger partial charge in [-0.3, -0.25) is 4.79 Å². The van der Waals surface area contributed by atoms with Gasteiger partial charge in [0.05, 0.1) is 19.6 Å². The molecule has 0 spiro atoms. The molecule has 20 heavy (non-hydrogen) atoms. The fraction of sp³-hybridized carbons (Fsp3) is 0.467. The fourth-order valence-corrected chi connectivity index (χ4v) is 1.95. The summed E-state index contributed by atoms with van der Waals surface area (Å²) < 4.78 is 5.12. The number of rotatable bonds is 6. The van der Waals surface area contributed by atoms with E-state index < -0.39 is 0 Å².